The minimum absolute atomic E-state index is 0.662. The summed E-state index contributed by atoms with van der Waals surface area (Å²) in [4.78, 5) is 4.39. The third-order valence-electron chi connectivity index (χ3n) is 2.55. The molecule has 3 N–H and O–H groups in total. The second-order valence-corrected chi connectivity index (χ2v) is 4.39. The molecule has 2 rings (SSSR count). The Hall–Kier alpha value is -2.03. The minimum atomic E-state index is 0.662. The Morgan fingerprint density at radius 1 is 1.00 bits per heavy atom. The lowest BCUT2D eigenvalue weighted by molar-refractivity contribution is 1.20. The van der Waals surface area contributed by atoms with Crippen LogP contribution in [0.3, 0.4) is 0 Å². The van der Waals surface area contributed by atoms with Crippen LogP contribution in [0.2, 0.25) is 0 Å². The van der Waals surface area contributed by atoms with Crippen LogP contribution in [0.1, 0.15) is 16.8 Å². The summed E-state index contributed by atoms with van der Waals surface area (Å²) in [6.45, 7) is 6.10. The van der Waals surface area contributed by atoms with Crippen LogP contribution in [0.15, 0.2) is 30.3 Å². The van der Waals surface area contributed by atoms with Gasteiger partial charge in [-0.1, -0.05) is 6.07 Å². The van der Waals surface area contributed by atoms with Gasteiger partial charge in [-0.2, -0.15) is 0 Å². The summed E-state index contributed by atoms with van der Waals surface area (Å²) in [7, 11) is 0. The molecule has 0 aliphatic heterocycles. The van der Waals surface area contributed by atoms with E-state index in [1.807, 2.05) is 19.1 Å². The largest absolute Gasteiger partial charge is 0.396 e. The molecule has 0 saturated carbocycles. The molecule has 0 aliphatic rings. The first-order chi connectivity index (χ1) is 8.04. The summed E-state index contributed by atoms with van der Waals surface area (Å²) in [6, 6.07) is 10.1. The van der Waals surface area contributed by atoms with Crippen molar-refractivity contribution in [2.45, 2.75) is 20.8 Å². The molecule has 1 heterocycles. The van der Waals surface area contributed by atoms with E-state index in [0.29, 0.717) is 5.69 Å². The van der Waals surface area contributed by atoms with Gasteiger partial charge in [0.1, 0.15) is 0 Å². The first-order valence-electron chi connectivity index (χ1n) is 5.63. The third kappa shape index (κ3) is 2.75. The highest BCUT2D eigenvalue weighted by Crippen LogP contribution is 2.22. The van der Waals surface area contributed by atoms with Crippen LogP contribution >= 0.6 is 0 Å². The second-order valence-electron chi connectivity index (χ2n) is 4.39. The minimum Gasteiger partial charge on any atom is -0.396 e. The Kier molecular flexibility index (Phi) is 3.00. The number of anilines is 3. The maximum Gasteiger partial charge on any atom is 0.153 e. The van der Waals surface area contributed by atoms with E-state index in [0.717, 1.165) is 17.2 Å². The molecule has 0 aliphatic carbocycles. The molecule has 0 amide bonds. The number of benzene rings is 1. The molecule has 0 atom stereocenters. The topological polar surface area (TPSA) is 50.9 Å². The molecule has 0 spiro atoms. The molecular weight excluding hydrogens is 210 g/mol. The van der Waals surface area contributed by atoms with E-state index in [1.165, 1.54) is 11.1 Å². The molecule has 0 bridgehead atoms. The Morgan fingerprint density at radius 2 is 1.65 bits per heavy atom. The molecule has 1 aromatic heterocycles. The van der Waals surface area contributed by atoms with Crippen molar-refractivity contribution in [1.29, 1.82) is 0 Å². The van der Waals surface area contributed by atoms with Crippen LogP contribution < -0.4 is 11.1 Å². The van der Waals surface area contributed by atoms with Crippen molar-refractivity contribution in [2.24, 2.45) is 0 Å². The van der Waals surface area contributed by atoms with Gasteiger partial charge >= 0.3 is 0 Å². The number of pyridine rings is 1. The predicted molar refractivity (Wildman–Crippen MR) is 72.6 cm³/mol. The van der Waals surface area contributed by atoms with Crippen LogP contribution in [0.5, 0.6) is 0 Å². The zero-order chi connectivity index (χ0) is 12.4. The first-order valence-corrected chi connectivity index (χ1v) is 5.63. The molecule has 3 heteroatoms. The highest BCUT2D eigenvalue weighted by atomic mass is 15.0. The fraction of sp³-hybridized carbons (Fsp3) is 0.214. The highest BCUT2D eigenvalue weighted by Gasteiger charge is 2.02. The number of nitrogens with one attached hydrogen (secondary N) is 1. The zero-order valence-corrected chi connectivity index (χ0v) is 10.4. The fourth-order valence-electron chi connectivity index (χ4n) is 1.85. The van der Waals surface area contributed by atoms with E-state index in [-0.39, 0.29) is 0 Å². The fourth-order valence-corrected chi connectivity index (χ4v) is 1.85. The smallest absolute Gasteiger partial charge is 0.153 e. The van der Waals surface area contributed by atoms with Crippen LogP contribution in [0, 0.1) is 20.8 Å². The van der Waals surface area contributed by atoms with Gasteiger partial charge in [0.05, 0.1) is 5.69 Å². The van der Waals surface area contributed by atoms with Gasteiger partial charge in [0.25, 0.3) is 0 Å². The van der Waals surface area contributed by atoms with Crippen LogP contribution in [-0.2, 0) is 0 Å². The molecule has 17 heavy (non-hydrogen) atoms. The second kappa shape index (κ2) is 4.45. The lowest BCUT2D eigenvalue weighted by Crippen LogP contribution is -2.00. The number of aromatic nitrogens is 1. The van der Waals surface area contributed by atoms with E-state index < -0.39 is 0 Å². The number of nitrogen functional groups attached to an aromatic ring is 1. The Morgan fingerprint density at radius 3 is 2.29 bits per heavy atom. The van der Waals surface area contributed by atoms with Gasteiger partial charge in [0.2, 0.25) is 0 Å². The van der Waals surface area contributed by atoms with Gasteiger partial charge in [0.15, 0.2) is 5.82 Å². The van der Waals surface area contributed by atoms with Crippen molar-refractivity contribution in [3.05, 3.63) is 47.2 Å². The average Bonchev–Trinajstić information content (AvgIpc) is 2.22. The van der Waals surface area contributed by atoms with Gasteiger partial charge in [0, 0.05) is 11.4 Å². The molecule has 0 fully saturated rings. The number of nitrogens with zero attached hydrogens (tertiary/aromatic N) is 1. The number of hydrogen-bond acceptors (Lipinski definition) is 3. The van der Waals surface area contributed by atoms with Gasteiger partial charge in [-0.25, -0.2) is 4.98 Å². The number of nitrogens with two attached hydrogens (primary N) is 1. The van der Waals surface area contributed by atoms with Crippen molar-refractivity contribution in [2.75, 3.05) is 11.1 Å². The first kappa shape index (κ1) is 11.5. The molecule has 0 radical (unpaired) electrons. The number of hydrogen-bond donors (Lipinski definition) is 2. The van der Waals surface area contributed by atoms with Crippen LogP contribution in [0.25, 0.3) is 0 Å². The number of aryl methyl sites for hydroxylation is 3. The molecule has 3 nitrogen and oxygen atoms in total. The Balaban J connectivity index is 2.34. The lowest BCUT2D eigenvalue weighted by atomic mass is 10.1. The summed E-state index contributed by atoms with van der Waals surface area (Å²) < 4.78 is 0. The van der Waals surface area contributed by atoms with Crippen molar-refractivity contribution in [3.63, 3.8) is 0 Å². The standard InChI is InChI=1S/C14H17N3/c1-9-6-10(2)8-12(7-9)17-14-13(15)5-4-11(3)16-14/h4-8H,15H2,1-3H3,(H,16,17). The summed E-state index contributed by atoms with van der Waals surface area (Å²) in [6.07, 6.45) is 0. The van der Waals surface area contributed by atoms with Gasteiger partial charge in [-0.05, 0) is 56.2 Å². The molecule has 0 unspecified atom stereocenters. The molecule has 2 aromatic rings. The summed E-state index contributed by atoms with van der Waals surface area (Å²) >= 11 is 0. The summed E-state index contributed by atoms with van der Waals surface area (Å²) in [5, 5.41) is 3.26. The van der Waals surface area contributed by atoms with Crippen molar-refractivity contribution < 1.29 is 0 Å². The molecule has 0 saturated heterocycles. The monoisotopic (exact) mass is 227 g/mol. The molecule has 88 valence electrons. The molecule has 1 aromatic carbocycles. The van der Waals surface area contributed by atoms with E-state index in [4.69, 9.17) is 5.73 Å². The quantitative estimate of drug-likeness (QED) is 0.827. The van der Waals surface area contributed by atoms with E-state index in [1.54, 1.807) is 0 Å². The Bertz CT molecular complexity index is 527. The molecular formula is C14H17N3. The highest BCUT2D eigenvalue weighted by molar-refractivity contribution is 5.69. The van der Waals surface area contributed by atoms with Crippen molar-refractivity contribution >= 4 is 17.2 Å². The third-order valence-corrected chi connectivity index (χ3v) is 2.55. The van der Waals surface area contributed by atoms with Crippen LogP contribution in [0.4, 0.5) is 17.2 Å². The van der Waals surface area contributed by atoms with Crippen molar-refractivity contribution in [1.82, 2.24) is 4.98 Å². The Labute approximate surface area is 102 Å². The van der Waals surface area contributed by atoms with E-state index in [9.17, 15) is 0 Å². The summed E-state index contributed by atoms with van der Waals surface area (Å²) in [5.41, 5.74) is 11.0. The maximum atomic E-state index is 5.89. The van der Waals surface area contributed by atoms with Crippen LogP contribution in [-0.4, -0.2) is 4.98 Å². The summed E-state index contributed by atoms with van der Waals surface area (Å²) in [5.74, 6) is 0.718. The average molecular weight is 227 g/mol. The van der Waals surface area contributed by atoms with Gasteiger partial charge in [-0.15, -0.1) is 0 Å². The lowest BCUT2D eigenvalue weighted by Gasteiger charge is -2.10. The SMILES string of the molecule is Cc1cc(C)cc(Nc2nc(C)ccc2N)c1. The van der Waals surface area contributed by atoms with E-state index >= 15 is 0 Å². The van der Waals surface area contributed by atoms with Gasteiger partial charge < -0.3 is 11.1 Å². The predicted octanol–water partition coefficient (Wildman–Crippen LogP) is 3.33. The van der Waals surface area contributed by atoms with Gasteiger partial charge in [-0.3, -0.25) is 0 Å². The zero-order valence-electron chi connectivity index (χ0n) is 10.4. The normalized spacial score (nSPS) is 10.3. The van der Waals surface area contributed by atoms with Crippen molar-refractivity contribution in [3.8, 4) is 0 Å². The maximum absolute atomic E-state index is 5.89. The number of rotatable bonds is 2. The van der Waals surface area contributed by atoms with E-state index in [2.05, 4.69) is 42.3 Å².